The molecule has 0 bridgehead atoms. The number of fused-ring (bicyclic) bond motifs is 1. The number of rotatable bonds is 4. The van der Waals surface area contributed by atoms with Crippen LogP contribution in [0.15, 0.2) is 40.8 Å². The molecule has 7 heteroatoms. The second-order valence-corrected chi connectivity index (χ2v) is 7.63. The first-order chi connectivity index (χ1) is 12.9. The van der Waals surface area contributed by atoms with Crippen molar-refractivity contribution in [3.63, 3.8) is 0 Å². The number of H-pyrrole nitrogens is 1. The Hall–Kier alpha value is -2.93. The van der Waals surface area contributed by atoms with E-state index in [1.807, 2.05) is 56.1 Å². The molecule has 0 saturated heterocycles. The molecule has 0 spiro atoms. The predicted octanol–water partition coefficient (Wildman–Crippen LogP) is 4.15. The average Bonchev–Trinajstić information content (AvgIpc) is 3.22. The van der Waals surface area contributed by atoms with Crippen LogP contribution < -0.4 is 10.3 Å². The maximum Gasteiger partial charge on any atom is 0.269 e. The van der Waals surface area contributed by atoms with Gasteiger partial charge in [0.25, 0.3) is 5.56 Å². The molecule has 0 amide bonds. The van der Waals surface area contributed by atoms with Crippen LogP contribution >= 0.6 is 11.3 Å². The molecule has 0 aliphatic rings. The van der Waals surface area contributed by atoms with Crippen LogP contribution in [0.4, 0.5) is 0 Å². The zero-order valence-electron chi connectivity index (χ0n) is 15.6. The van der Waals surface area contributed by atoms with E-state index in [9.17, 15) is 4.79 Å². The van der Waals surface area contributed by atoms with Crippen molar-refractivity contribution >= 4 is 21.6 Å². The van der Waals surface area contributed by atoms with Gasteiger partial charge in [0, 0.05) is 30.4 Å². The van der Waals surface area contributed by atoms with Gasteiger partial charge < -0.3 is 14.3 Å². The zero-order valence-corrected chi connectivity index (χ0v) is 16.4. The zero-order chi connectivity index (χ0) is 19.1. The minimum Gasteiger partial charge on any atom is -0.491 e. The monoisotopic (exact) mass is 380 g/mol. The molecule has 3 heterocycles. The van der Waals surface area contributed by atoms with Gasteiger partial charge in [-0.05, 0) is 44.0 Å². The molecule has 3 aromatic heterocycles. The first kappa shape index (κ1) is 17.5. The van der Waals surface area contributed by atoms with Crippen molar-refractivity contribution in [2.75, 3.05) is 0 Å². The Kier molecular flexibility index (Phi) is 4.31. The maximum absolute atomic E-state index is 12.6. The van der Waals surface area contributed by atoms with Crippen LogP contribution in [0.3, 0.4) is 0 Å². The SMILES string of the molecule is Cc1cc(-c2csc3c(=O)[nH]c(-c4nccn4C)nc23)ccc1OC(C)C. The topological polar surface area (TPSA) is 72.8 Å². The number of ether oxygens (including phenoxy) is 1. The summed E-state index contributed by atoms with van der Waals surface area (Å²) in [6.07, 6.45) is 3.63. The van der Waals surface area contributed by atoms with Crippen LogP contribution in [0.5, 0.6) is 5.75 Å². The molecule has 1 aromatic carbocycles. The lowest BCUT2D eigenvalue weighted by atomic mass is 10.0. The lowest BCUT2D eigenvalue weighted by molar-refractivity contribution is 0.241. The normalized spacial score (nSPS) is 11.4. The first-order valence-electron chi connectivity index (χ1n) is 8.71. The molecule has 138 valence electrons. The van der Waals surface area contributed by atoms with Crippen molar-refractivity contribution in [3.05, 3.63) is 51.9 Å². The second kappa shape index (κ2) is 6.66. The molecule has 0 unspecified atom stereocenters. The molecule has 0 aliphatic heterocycles. The summed E-state index contributed by atoms with van der Waals surface area (Å²) in [4.78, 5) is 24.4. The van der Waals surface area contributed by atoms with E-state index >= 15 is 0 Å². The third kappa shape index (κ3) is 3.14. The fourth-order valence-electron chi connectivity index (χ4n) is 3.04. The smallest absolute Gasteiger partial charge is 0.269 e. The molecular weight excluding hydrogens is 360 g/mol. The third-order valence-electron chi connectivity index (χ3n) is 4.31. The largest absolute Gasteiger partial charge is 0.491 e. The number of aryl methyl sites for hydroxylation is 2. The number of thiophene rings is 1. The van der Waals surface area contributed by atoms with E-state index in [4.69, 9.17) is 9.72 Å². The number of nitrogens with one attached hydrogen (secondary N) is 1. The molecule has 0 atom stereocenters. The number of nitrogens with zero attached hydrogens (tertiary/aromatic N) is 3. The van der Waals surface area contributed by atoms with E-state index in [1.165, 1.54) is 11.3 Å². The number of imidazole rings is 1. The van der Waals surface area contributed by atoms with Crippen LogP contribution in [0.25, 0.3) is 33.0 Å². The molecular formula is C20H20N4O2S. The number of aromatic nitrogens is 4. The van der Waals surface area contributed by atoms with Gasteiger partial charge in [0.1, 0.15) is 10.4 Å². The Morgan fingerprint density at radius 3 is 2.78 bits per heavy atom. The minimum atomic E-state index is -0.147. The Labute approximate surface area is 160 Å². The van der Waals surface area contributed by atoms with E-state index < -0.39 is 0 Å². The molecule has 0 aliphatic carbocycles. The number of benzene rings is 1. The van der Waals surface area contributed by atoms with Crippen LogP contribution in [0, 0.1) is 6.92 Å². The van der Waals surface area contributed by atoms with Crippen molar-refractivity contribution in [2.24, 2.45) is 7.05 Å². The summed E-state index contributed by atoms with van der Waals surface area (Å²) in [7, 11) is 1.87. The Balaban J connectivity index is 1.86. The van der Waals surface area contributed by atoms with Gasteiger partial charge in [0.15, 0.2) is 11.6 Å². The van der Waals surface area contributed by atoms with Crippen LogP contribution in [0.2, 0.25) is 0 Å². The highest BCUT2D eigenvalue weighted by Crippen LogP contribution is 2.34. The maximum atomic E-state index is 12.6. The van der Waals surface area contributed by atoms with Crippen LogP contribution in [0.1, 0.15) is 19.4 Å². The molecule has 0 fully saturated rings. The van der Waals surface area contributed by atoms with E-state index in [0.29, 0.717) is 21.9 Å². The number of hydrogen-bond acceptors (Lipinski definition) is 5. The molecule has 0 radical (unpaired) electrons. The Bertz CT molecular complexity index is 1190. The van der Waals surface area contributed by atoms with Crippen molar-refractivity contribution in [1.82, 2.24) is 19.5 Å². The second-order valence-electron chi connectivity index (χ2n) is 6.75. The van der Waals surface area contributed by atoms with Gasteiger partial charge in [-0.15, -0.1) is 11.3 Å². The van der Waals surface area contributed by atoms with Crippen molar-refractivity contribution in [1.29, 1.82) is 0 Å². The van der Waals surface area contributed by atoms with Crippen LogP contribution in [-0.4, -0.2) is 25.6 Å². The van der Waals surface area contributed by atoms with Gasteiger partial charge in [0.2, 0.25) is 0 Å². The average molecular weight is 380 g/mol. The summed E-state index contributed by atoms with van der Waals surface area (Å²) >= 11 is 1.40. The highest BCUT2D eigenvalue weighted by molar-refractivity contribution is 7.17. The fourth-order valence-corrected chi connectivity index (χ4v) is 3.94. The fraction of sp³-hybridized carbons (Fsp3) is 0.250. The van der Waals surface area contributed by atoms with Gasteiger partial charge in [-0.3, -0.25) is 4.79 Å². The molecule has 27 heavy (non-hydrogen) atoms. The number of aromatic amines is 1. The van der Waals surface area contributed by atoms with Gasteiger partial charge in [-0.25, -0.2) is 9.97 Å². The van der Waals surface area contributed by atoms with Gasteiger partial charge >= 0.3 is 0 Å². The van der Waals surface area contributed by atoms with Crippen molar-refractivity contribution < 1.29 is 4.74 Å². The summed E-state index contributed by atoms with van der Waals surface area (Å²) in [5.74, 6) is 1.96. The lowest BCUT2D eigenvalue weighted by Gasteiger charge is -2.13. The summed E-state index contributed by atoms with van der Waals surface area (Å²) in [6, 6.07) is 6.05. The molecule has 4 aromatic rings. The summed E-state index contributed by atoms with van der Waals surface area (Å²) in [5.41, 5.74) is 3.55. The molecule has 6 nitrogen and oxygen atoms in total. The van der Waals surface area contributed by atoms with Crippen molar-refractivity contribution in [2.45, 2.75) is 26.9 Å². The van der Waals surface area contributed by atoms with Crippen molar-refractivity contribution in [3.8, 4) is 28.5 Å². The van der Waals surface area contributed by atoms with Gasteiger partial charge in [0.05, 0.1) is 11.6 Å². The highest BCUT2D eigenvalue weighted by Gasteiger charge is 2.16. The summed E-state index contributed by atoms with van der Waals surface area (Å²) in [6.45, 7) is 6.04. The Morgan fingerprint density at radius 1 is 1.30 bits per heavy atom. The van der Waals surface area contributed by atoms with Gasteiger partial charge in [-0.1, -0.05) is 6.07 Å². The predicted molar refractivity (Wildman–Crippen MR) is 108 cm³/mol. The standard InChI is InChI=1S/C20H20N4O2S/c1-11(2)26-15-6-5-13(9-12(15)3)14-10-27-17-16(14)22-18(23-20(17)25)19-21-7-8-24(19)4/h5-11H,1-4H3,(H,22,23,25). The van der Waals surface area contributed by atoms with E-state index in [2.05, 4.69) is 16.0 Å². The Morgan fingerprint density at radius 2 is 2.11 bits per heavy atom. The first-order valence-corrected chi connectivity index (χ1v) is 9.59. The lowest BCUT2D eigenvalue weighted by Crippen LogP contribution is -2.09. The molecule has 1 N–H and O–H groups in total. The molecule has 4 rings (SSSR count). The van der Waals surface area contributed by atoms with E-state index in [0.717, 1.165) is 22.4 Å². The highest BCUT2D eigenvalue weighted by atomic mass is 32.1. The molecule has 0 saturated carbocycles. The van der Waals surface area contributed by atoms with E-state index in [1.54, 1.807) is 6.20 Å². The van der Waals surface area contributed by atoms with Crippen LogP contribution in [-0.2, 0) is 7.05 Å². The van der Waals surface area contributed by atoms with Gasteiger partial charge in [-0.2, -0.15) is 0 Å². The minimum absolute atomic E-state index is 0.122. The quantitative estimate of drug-likeness (QED) is 0.577. The van der Waals surface area contributed by atoms with E-state index in [-0.39, 0.29) is 11.7 Å². The summed E-state index contributed by atoms with van der Waals surface area (Å²) in [5, 5.41) is 1.98. The number of hydrogen-bond donors (Lipinski definition) is 1. The summed E-state index contributed by atoms with van der Waals surface area (Å²) < 4.78 is 8.27. The third-order valence-corrected chi connectivity index (χ3v) is 5.28.